The number of hydrogen-bond acceptors (Lipinski definition) is 7. The maximum Gasteiger partial charge on any atom is 0.433 e. The number of nitrogens with zero attached hydrogens (tertiary/aromatic N) is 5. The van der Waals surface area contributed by atoms with Crippen molar-refractivity contribution in [2.24, 2.45) is 0 Å². The molecule has 0 unspecified atom stereocenters. The maximum atomic E-state index is 12.7. The van der Waals surface area contributed by atoms with Crippen molar-refractivity contribution in [3.63, 3.8) is 0 Å². The highest BCUT2D eigenvalue weighted by atomic mass is 19.4. The number of carbonyl (C=O) groups is 1. The highest BCUT2D eigenvalue weighted by molar-refractivity contribution is 5.86. The summed E-state index contributed by atoms with van der Waals surface area (Å²) in [6, 6.07) is 15.7. The van der Waals surface area contributed by atoms with Gasteiger partial charge in [-0.3, -0.25) is 9.78 Å². The fourth-order valence-corrected chi connectivity index (χ4v) is 4.75. The molecule has 7 nitrogen and oxygen atoms in total. The van der Waals surface area contributed by atoms with E-state index in [0.717, 1.165) is 60.9 Å². The van der Waals surface area contributed by atoms with E-state index in [2.05, 4.69) is 43.8 Å². The number of hydrogen-bond donors (Lipinski definition) is 0. The number of aromatic nitrogens is 3. The minimum Gasteiger partial charge on any atom is -0.438 e. The first kappa shape index (κ1) is 27.5. The van der Waals surface area contributed by atoms with Gasteiger partial charge >= 0.3 is 6.18 Å². The zero-order valence-electron chi connectivity index (χ0n) is 22.2. The minimum atomic E-state index is -4.47. The van der Waals surface area contributed by atoms with Crippen LogP contribution in [-0.4, -0.2) is 58.4 Å². The smallest absolute Gasteiger partial charge is 0.433 e. The zero-order valence-corrected chi connectivity index (χ0v) is 22.2. The topological polar surface area (TPSA) is 71.5 Å². The Hall–Kier alpha value is -4.05. The molecule has 208 valence electrons. The molecule has 2 aromatic carbocycles. The fourth-order valence-electron chi connectivity index (χ4n) is 4.75. The quantitative estimate of drug-likeness (QED) is 0.264. The standard InChI is InChI=1S/C30H30F3N5O2/c1-2-37-13-15-38(16-14-37)23-7-11-26-27(18-23)35-20-36-29(26)40-25-9-4-21(5-10-25)17-24(39)8-3-22-6-12-28(34-19-22)30(31,32)33/h4-7,9-12,18-20H,2-3,8,13-17H2,1H3. The lowest BCUT2D eigenvalue weighted by atomic mass is 10.0. The average Bonchev–Trinajstić information content (AvgIpc) is 2.97. The number of aryl methyl sites for hydroxylation is 1. The molecule has 2 aromatic heterocycles. The zero-order chi connectivity index (χ0) is 28.1. The van der Waals surface area contributed by atoms with E-state index in [-0.39, 0.29) is 18.6 Å². The van der Waals surface area contributed by atoms with Gasteiger partial charge < -0.3 is 14.5 Å². The van der Waals surface area contributed by atoms with Gasteiger partial charge in [-0.15, -0.1) is 0 Å². The minimum absolute atomic E-state index is 0.0118. The van der Waals surface area contributed by atoms with E-state index >= 15 is 0 Å². The van der Waals surface area contributed by atoms with Crippen molar-refractivity contribution in [1.82, 2.24) is 19.9 Å². The Bertz CT molecular complexity index is 1450. The third-order valence-electron chi connectivity index (χ3n) is 7.12. The first-order valence-electron chi connectivity index (χ1n) is 13.3. The van der Waals surface area contributed by atoms with E-state index in [1.165, 1.54) is 18.6 Å². The maximum absolute atomic E-state index is 12.7. The molecule has 0 amide bonds. The predicted molar refractivity (Wildman–Crippen MR) is 147 cm³/mol. The van der Waals surface area contributed by atoms with Crippen LogP contribution in [0.4, 0.5) is 18.9 Å². The Morgan fingerprint density at radius 1 is 0.925 bits per heavy atom. The number of piperazine rings is 1. The number of pyridine rings is 1. The summed E-state index contributed by atoms with van der Waals surface area (Å²) in [7, 11) is 0. The number of fused-ring (bicyclic) bond motifs is 1. The number of rotatable bonds is 9. The van der Waals surface area contributed by atoms with Crippen LogP contribution < -0.4 is 9.64 Å². The van der Waals surface area contributed by atoms with Crippen molar-refractivity contribution < 1.29 is 22.7 Å². The van der Waals surface area contributed by atoms with E-state index in [4.69, 9.17) is 4.74 Å². The van der Waals surface area contributed by atoms with Gasteiger partial charge in [0.25, 0.3) is 0 Å². The van der Waals surface area contributed by atoms with Gasteiger partial charge in [-0.25, -0.2) is 9.97 Å². The lowest BCUT2D eigenvalue weighted by molar-refractivity contribution is -0.141. The molecule has 0 N–H and O–H groups in total. The Kier molecular flexibility index (Phi) is 8.25. The summed E-state index contributed by atoms with van der Waals surface area (Å²) in [4.78, 5) is 29.5. The molecular weight excluding hydrogens is 519 g/mol. The summed E-state index contributed by atoms with van der Waals surface area (Å²) < 4.78 is 44.0. The lowest BCUT2D eigenvalue weighted by Crippen LogP contribution is -2.46. The normalized spacial score (nSPS) is 14.4. The van der Waals surface area contributed by atoms with Crippen LogP contribution in [0.1, 0.15) is 30.2 Å². The van der Waals surface area contributed by atoms with Gasteiger partial charge in [0.1, 0.15) is 23.6 Å². The number of ether oxygens (including phenoxy) is 1. The molecule has 0 aliphatic carbocycles. The van der Waals surface area contributed by atoms with Crippen molar-refractivity contribution in [1.29, 1.82) is 0 Å². The second kappa shape index (κ2) is 12.0. The first-order valence-corrected chi connectivity index (χ1v) is 13.3. The summed E-state index contributed by atoms with van der Waals surface area (Å²) in [5.74, 6) is 1.04. The Morgan fingerprint density at radius 2 is 1.68 bits per heavy atom. The molecule has 3 heterocycles. The van der Waals surface area contributed by atoms with Gasteiger partial charge in [-0.1, -0.05) is 25.1 Å². The average molecular weight is 550 g/mol. The number of likely N-dealkylation sites (N-methyl/N-ethyl adjacent to an activating group) is 1. The highest BCUT2D eigenvalue weighted by Crippen LogP contribution is 2.30. The molecule has 1 aliphatic rings. The van der Waals surface area contributed by atoms with E-state index in [9.17, 15) is 18.0 Å². The summed E-state index contributed by atoms with van der Waals surface area (Å²) in [5, 5.41) is 0.815. The number of anilines is 1. The van der Waals surface area contributed by atoms with Crippen LogP contribution in [0.5, 0.6) is 11.6 Å². The van der Waals surface area contributed by atoms with E-state index in [1.807, 2.05) is 18.2 Å². The molecular formula is C30H30F3N5O2. The van der Waals surface area contributed by atoms with Crippen LogP contribution in [0.3, 0.4) is 0 Å². The van der Waals surface area contributed by atoms with E-state index in [0.29, 0.717) is 23.6 Å². The molecule has 0 atom stereocenters. The summed E-state index contributed by atoms with van der Waals surface area (Å²) >= 11 is 0. The third-order valence-corrected chi connectivity index (χ3v) is 7.12. The first-order chi connectivity index (χ1) is 19.3. The van der Waals surface area contributed by atoms with Crippen molar-refractivity contribution in [2.75, 3.05) is 37.6 Å². The molecule has 0 spiro atoms. The molecule has 0 saturated carbocycles. The van der Waals surface area contributed by atoms with Gasteiger partial charge in [0.15, 0.2) is 0 Å². The number of ketones is 1. The molecule has 4 aromatic rings. The molecule has 0 bridgehead atoms. The number of carbonyl (C=O) groups excluding carboxylic acids is 1. The van der Waals surface area contributed by atoms with Gasteiger partial charge in [-0.2, -0.15) is 13.2 Å². The summed E-state index contributed by atoms with van der Waals surface area (Å²) in [6.07, 6.45) is -1.03. The molecule has 10 heteroatoms. The van der Waals surface area contributed by atoms with Gasteiger partial charge in [0, 0.05) is 50.9 Å². The third kappa shape index (κ3) is 6.74. The lowest BCUT2D eigenvalue weighted by Gasteiger charge is -2.35. The Balaban J connectivity index is 1.17. The van der Waals surface area contributed by atoms with Gasteiger partial charge in [0.2, 0.25) is 5.88 Å². The Labute approximate surface area is 230 Å². The summed E-state index contributed by atoms with van der Waals surface area (Å²) in [6.45, 7) is 7.31. The second-order valence-corrected chi connectivity index (χ2v) is 9.81. The molecule has 1 saturated heterocycles. The van der Waals surface area contributed by atoms with E-state index in [1.54, 1.807) is 12.1 Å². The SMILES string of the molecule is CCN1CCN(c2ccc3c(Oc4ccc(CC(=O)CCc5ccc(C(F)(F)F)nc5)cc4)ncnc3c2)CC1. The van der Waals surface area contributed by atoms with Crippen molar-refractivity contribution in [3.8, 4) is 11.6 Å². The van der Waals surface area contributed by atoms with E-state index < -0.39 is 11.9 Å². The predicted octanol–water partition coefficient (Wildman–Crippen LogP) is 5.72. The molecule has 0 radical (unpaired) electrons. The van der Waals surface area contributed by atoms with Crippen LogP contribution in [0.25, 0.3) is 10.9 Å². The van der Waals surface area contributed by atoms with Crippen LogP contribution in [0, 0.1) is 0 Å². The molecule has 5 rings (SSSR count). The second-order valence-electron chi connectivity index (χ2n) is 9.81. The van der Waals surface area contributed by atoms with Crippen molar-refractivity contribution in [2.45, 2.75) is 32.4 Å². The largest absolute Gasteiger partial charge is 0.438 e. The molecule has 1 aliphatic heterocycles. The number of halogens is 3. The number of Topliss-reactive ketones (excluding diaryl/α,β-unsaturated/α-hetero) is 1. The number of benzene rings is 2. The molecule has 1 fully saturated rings. The van der Waals surface area contributed by atoms with Gasteiger partial charge in [0.05, 0.1) is 10.9 Å². The van der Waals surface area contributed by atoms with Crippen LogP contribution in [0.2, 0.25) is 0 Å². The molecule has 40 heavy (non-hydrogen) atoms. The van der Waals surface area contributed by atoms with Crippen LogP contribution >= 0.6 is 0 Å². The fraction of sp³-hybridized carbons (Fsp3) is 0.333. The van der Waals surface area contributed by atoms with Gasteiger partial charge in [-0.05, 0) is 60.5 Å². The van der Waals surface area contributed by atoms with Crippen molar-refractivity contribution >= 4 is 22.4 Å². The number of alkyl halides is 3. The summed E-state index contributed by atoms with van der Waals surface area (Å²) in [5.41, 5.74) is 2.42. The Morgan fingerprint density at radius 3 is 2.35 bits per heavy atom. The van der Waals surface area contributed by atoms with Crippen molar-refractivity contribution in [3.05, 3.63) is 83.9 Å². The highest BCUT2D eigenvalue weighted by Gasteiger charge is 2.32. The monoisotopic (exact) mass is 549 g/mol. The van der Waals surface area contributed by atoms with Crippen LogP contribution in [0.15, 0.2) is 67.1 Å². The van der Waals surface area contributed by atoms with Crippen LogP contribution in [-0.2, 0) is 23.8 Å².